The summed E-state index contributed by atoms with van der Waals surface area (Å²) in [5.41, 5.74) is 16.7. The highest BCUT2D eigenvalue weighted by atomic mass is 15.1. The van der Waals surface area contributed by atoms with Crippen molar-refractivity contribution >= 4 is 70.9 Å². The number of benzene rings is 12. The highest BCUT2D eigenvalue weighted by Gasteiger charge is 2.44. The molecule has 1 heteroatoms. The Bertz CT molecular complexity index is 3980. The largest absolute Gasteiger partial charge is 0.310 e. The molecule has 326 valence electrons. The van der Waals surface area contributed by atoms with Crippen molar-refractivity contribution in [1.82, 2.24) is 0 Å². The first-order valence-electron chi connectivity index (χ1n) is 24.8. The lowest BCUT2D eigenvalue weighted by molar-refractivity contribution is 0.353. The average Bonchev–Trinajstić information content (AvgIpc) is 3.68. The predicted molar refractivity (Wildman–Crippen MR) is 294 cm³/mol. The van der Waals surface area contributed by atoms with Crippen LogP contribution >= 0.6 is 0 Å². The first-order valence-corrected chi connectivity index (χ1v) is 24.8. The molecule has 0 aliphatic heterocycles. The number of hydrogen-bond acceptors (Lipinski definition) is 1. The molecule has 0 saturated heterocycles. The minimum Gasteiger partial charge on any atom is -0.310 e. The molecule has 2 aliphatic carbocycles. The molecule has 12 aromatic rings. The second kappa shape index (κ2) is 15.9. The second-order valence-corrected chi connectivity index (χ2v) is 19.4. The van der Waals surface area contributed by atoms with E-state index in [0.717, 1.165) is 5.69 Å². The molecular weight excluding hydrogens is 831 g/mol. The first kappa shape index (κ1) is 39.9. The fourth-order valence-corrected chi connectivity index (χ4v) is 12.8. The van der Waals surface area contributed by atoms with Crippen LogP contribution in [0.15, 0.2) is 237 Å². The minimum absolute atomic E-state index is 0.0244. The van der Waals surface area contributed by atoms with Crippen molar-refractivity contribution in [1.29, 1.82) is 0 Å². The molecule has 1 fully saturated rings. The van der Waals surface area contributed by atoms with Gasteiger partial charge in [-0.1, -0.05) is 219 Å². The van der Waals surface area contributed by atoms with Gasteiger partial charge in [-0.15, -0.1) is 0 Å². The monoisotopic (exact) mass is 879 g/mol. The Morgan fingerprint density at radius 1 is 0.304 bits per heavy atom. The van der Waals surface area contributed by atoms with Crippen LogP contribution in [0.1, 0.15) is 43.2 Å². The molecule has 0 bridgehead atoms. The molecule has 0 atom stereocenters. The topological polar surface area (TPSA) is 3.24 Å². The lowest BCUT2D eigenvalue weighted by Gasteiger charge is -2.36. The van der Waals surface area contributed by atoms with E-state index in [0.29, 0.717) is 0 Å². The van der Waals surface area contributed by atoms with Gasteiger partial charge in [-0.05, 0) is 153 Å². The van der Waals surface area contributed by atoms with Gasteiger partial charge < -0.3 is 4.90 Å². The van der Waals surface area contributed by atoms with Gasteiger partial charge in [0.15, 0.2) is 0 Å². The van der Waals surface area contributed by atoms with E-state index in [2.05, 4.69) is 241 Å². The van der Waals surface area contributed by atoms with Gasteiger partial charge in [0.1, 0.15) is 0 Å². The van der Waals surface area contributed by atoms with Crippen LogP contribution in [0.3, 0.4) is 0 Å². The zero-order chi connectivity index (χ0) is 45.5. The van der Waals surface area contributed by atoms with Gasteiger partial charge in [-0.3, -0.25) is 0 Å². The zero-order valence-electron chi connectivity index (χ0n) is 38.5. The SMILES string of the molecule is c1ccc(-c2cc(-c3ccccc3)c3c4ccccc4c4cc(N(c5ccc6c(c5)C5(CCCCC5)c5ccccc5-6)c5cc6ccccc6c6ccccc56)ccc4c3c2-c2ccccc2)cc1. The summed E-state index contributed by atoms with van der Waals surface area (Å²) in [5, 5.41) is 12.6. The minimum atomic E-state index is 0.0244. The highest BCUT2D eigenvalue weighted by Crippen LogP contribution is 2.58. The summed E-state index contributed by atoms with van der Waals surface area (Å²) < 4.78 is 0. The van der Waals surface area contributed by atoms with Crippen LogP contribution in [-0.2, 0) is 5.41 Å². The fourth-order valence-electron chi connectivity index (χ4n) is 12.8. The van der Waals surface area contributed by atoms with Crippen LogP contribution in [0.5, 0.6) is 0 Å². The van der Waals surface area contributed by atoms with Crippen LogP contribution in [0.4, 0.5) is 17.1 Å². The van der Waals surface area contributed by atoms with Crippen molar-refractivity contribution in [2.24, 2.45) is 0 Å². The van der Waals surface area contributed by atoms with Gasteiger partial charge in [0, 0.05) is 22.2 Å². The van der Waals surface area contributed by atoms with Gasteiger partial charge in [-0.25, -0.2) is 0 Å². The van der Waals surface area contributed by atoms with E-state index in [1.54, 1.807) is 0 Å². The third-order valence-corrected chi connectivity index (χ3v) is 15.8. The second-order valence-electron chi connectivity index (χ2n) is 19.4. The van der Waals surface area contributed by atoms with Gasteiger partial charge in [0.25, 0.3) is 0 Å². The molecule has 0 aromatic heterocycles. The lowest BCUT2D eigenvalue weighted by Crippen LogP contribution is -2.28. The average molecular weight is 880 g/mol. The summed E-state index contributed by atoms with van der Waals surface area (Å²) in [6.07, 6.45) is 6.19. The Labute approximate surface area is 403 Å². The molecule has 1 saturated carbocycles. The predicted octanol–water partition coefficient (Wildman–Crippen LogP) is 19.2. The Hall–Kier alpha value is -8.26. The number of rotatable bonds is 6. The molecular formula is C68H49N. The van der Waals surface area contributed by atoms with Crippen molar-refractivity contribution in [3.8, 4) is 44.5 Å². The number of hydrogen-bond donors (Lipinski definition) is 0. The number of nitrogens with zero attached hydrogens (tertiary/aromatic N) is 1. The molecule has 69 heavy (non-hydrogen) atoms. The van der Waals surface area contributed by atoms with Gasteiger partial charge in [0.05, 0.1) is 5.69 Å². The zero-order valence-corrected chi connectivity index (χ0v) is 38.5. The highest BCUT2D eigenvalue weighted by molar-refractivity contribution is 6.33. The summed E-state index contributed by atoms with van der Waals surface area (Å²) in [7, 11) is 0. The normalized spacial score (nSPS) is 13.9. The van der Waals surface area contributed by atoms with E-state index in [4.69, 9.17) is 0 Å². The van der Waals surface area contributed by atoms with Crippen molar-refractivity contribution in [2.75, 3.05) is 4.90 Å². The number of fused-ring (bicyclic) bond motifs is 14. The lowest BCUT2D eigenvalue weighted by atomic mass is 9.68. The summed E-state index contributed by atoms with van der Waals surface area (Å²) in [4.78, 5) is 2.58. The number of anilines is 3. The molecule has 0 radical (unpaired) electrons. The van der Waals surface area contributed by atoms with Gasteiger partial charge in [0.2, 0.25) is 0 Å². The van der Waals surface area contributed by atoms with Gasteiger partial charge in [-0.2, -0.15) is 0 Å². The van der Waals surface area contributed by atoms with Crippen LogP contribution in [0.2, 0.25) is 0 Å². The third-order valence-electron chi connectivity index (χ3n) is 15.8. The van der Waals surface area contributed by atoms with E-state index in [9.17, 15) is 0 Å². The summed E-state index contributed by atoms with van der Waals surface area (Å²) in [6, 6.07) is 89.0. The van der Waals surface area contributed by atoms with Crippen molar-refractivity contribution in [2.45, 2.75) is 37.5 Å². The molecule has 0 unspecified atom stereocenters. The smallest absolute Gasteiger partial charge is 0.0546 e. The van der Waals surface area contributed by atoms with Crippen LogP contribution in [-0.4, -0.2) is 0 Å². The Balaban J connectivity index is 1.11. The summed E-state index contributed by atoms with van der Waals surface area (Å²) >= 11 is 0. The van der Waals surface area contributed by atoms with Crippen LogP contribution in [0, 0.1) is 0 Å². The van der Waals surface area contributed by atoms with E-state index >= 15 is 0 Å². The molecule has 0 heterocycles. The van der Waals surface area contributed by atoms with Gasteiger partial charge >= 0.3 is 0 Å². The molecule has 12 aromatic carbocycles. The molecule has 2 aliphatic rings. The molecule has 0 N–H and O–H groups in total. The van der Waals surface area contributed by atoms with Crippen LogP contribution in [0.25, 0.3) is 98.4 Å². The Morgan fingerprint density at radius 3 is 1.58 bits per heavy atom. The van der Waals surface area contributed by atoms with Crippen molar-refractivity contribution in [3.05, 3.63) is 248 Å². The third kappa shape index (κ3) is 6.16. The standard InChI is InChI=1S/C68H49N/c1-5-21-45(22-6-1)59-44-60(46-23-7-2-8-24-46)66-57-33-16-14-30-53(57)61-42-49(36-38-58(61)67(66)65(59)47-25-9-3-10-26-47)69(64-41-48-27-11-12-28-51(48)52-29-13-15-32-56(52)64)50-35-37-55-54-31-17-18-34-62(54)68(63(55)43-50)39-19-4-20-40-68/h1-3,5-18,21-38,41-44H,4,19-20,39-40H2. The fraction of sp³-hybridized carbons (Fsp3) is 0.0882. The summed E-state index contributed by atoms with van der Waals surface area (Å²) in [6.45, 7) is 0. The maximum Gasteiger partial charge on any atom is 0.0546 e. The maximum atomic E-state index is 2.58. The Morgan fingerprint density at radius 2 is 0.841 bits per heavy atom. The van der Waals surface area contributed by atoms with E-state index < -0.39 is 0 Å². The summed E-state index contributed by atoms with van der Waals surface area (Å²) in [5.74, 6) is 0. The molecule has 1 nitrogen and oxygen atoms in total. The molecule has 14 rings (SSSR count). The maximum absolute atomic E-state index is 2.58. The van der Waals surface area contributed by atoms with E-state index in [1.807, 2.05) is 0 Å². The quantitative estimate of drug-likeness (QED) is 0.150. The van der Waals surface area contributed by atoms with Crippen LogP contribution < -0.4 is 4.90 Å². The van der Waals surface area contributed by atoms with E-state index in [-0.39, 0.29) is 5.41 Å². The molecule has 0 amide bonds. The molecule has 1 spiro atoms. The van der Waals surface area contributed by atoms with E-state index in [1.165, 1.54) is 153 Å². The first-order chi connectivity index (χ1) is 34.2. The Kier molecular flexibility index (Phi) is 9.21. The van der Waals surface area contributed by atoms with Crippen molar-refractivity contribution in [3.63, 3.8) is 0 Å². The van der Waals surface area contributed by atoms with Crippen molar-refractivity contribution < 1.29 is 0 Å².